The number of aromatic nitrogens is 4. The Morgan fingerprint density at radius 2 is 2.38 bits per heavy atom. The first-order valence-electron chi connectivity index (χ1n) is 5.25. The largest absolute Gasteiger partial charge is 0.385 e. The van der Waals surface area contributed by atoms with Crippen LogP contribution in [0.2, 0.25) is 0 Å². The number of aryl methyl sites for hydroxylation is 1. The SMILES string of the molecule is CCCn1ncnc1CC(O)c1nccs1. The molecule has 16 heavy (non-hydrogen) atoms. The maximum Gasteiger partial charge on any atom is 0.138 e. The summed E-state index contributed by atoms with van der Waals surface area (Å²) in [6, 6.07) is 0. The van der Waals surface area contributed by atoms with Crippen LogP contribution in [0.15, 0.2) is 17.9 Å². The molecule has 0 aliphatic rings. The highest BCUT2D eigenvalue weighted by Crippen LogP contribution is 2.19. The van der Waals surface area contributed by atoms with Gasteiger partial charge in [0.05, 0.1) is 0 Å². The summed E-state index contributed by atoms with van der Waals surface area (Å²) in [4.78, 5) is 8.24. The van der Waals surface area contributed by atoms with Crippen molar-refractivity contribution < 1.29 is 5.11 Å². The molecule has 86 valence electrons. The molecule has 5 nitrogen and oxygen atoms in total. The van der Waals surface area contributed by atoms with Gasteiger partial charge in [0.25, 0.3) is 0 Å². The summed E-state index contributed by atoms with van der Waals surface area (Å²) in [6.45, 7) is 2.92. The molecule has 2 aromatic rings. The van der Waals surface area contributed by atoms with Gasteiger partial charge < -0.3 is 5.11 Å². The number of aliphatic hydroxyl groups excluding tert-OH is 1. The van der Waals surface area contributed by atoms with E-state index in [0.717, 1.165) is 23.8 Å². The molecule has 0 aromatic carbocycles. The highest BCUT2D eigenvalue weighted by atomic mass is 32.1. The van der Waals surface area contributed by atoms with E-state index < -0.39 is 6.10 Å². The molecule has 2 rings (SSSR count). The summed E-state index contributed by atoms with van der Waals surface area (Å²) >= 11 is 1.45. The minimum Gasteiger partial charge on any atom is -0.385 e. The van der Waals surface area contributed by atoms with Gasteiger partial charge in [-0.15, -0.1) is 11.3 Å². The third-order valence-corrected chi connectivity index (χ3v) is 3.12. The van der Waals surface area contributed by atoms with E-state index in [0.29, 0.717) is 6.42 Å². The van der Waals surface area contributed by atoms with Gasteiger partial charge in [0.15, 0.2) is 0 Å². The average molecular weight is 238 g/mol. The van der Waals surface area contributed by atoms with Gasteiger partial charge in [-0.1, -0.05) is 6.92 Å². The molecule has 0 amide bonds. The van der Waals surface area contributed by atoms with Crippen LogP contribution >= 0.6 is 11.3 Å². The predicted molar refractivity (Wildman–Crippen MR) is 61.1 cm³/mol. The summed E-state index contributed by atoms with van der Waals surface area (Å²) in [5.74, 6) is 0.810. The number of nitrogens with zero attached hydrogens (tertiary/aromatic N) is 4. The normalized spacial score (nSPS) is 12.9. The van der Waals surface area contributed by atoms with E-state index in [1.54, 1.807) is 6.20 Å². The first kappa shape index (κ1) is 11.2. The maximum atomic E-state index is 9.94. The number of rotatable bonds is 5. The molecule has 0 saturated carbocycles. The van der Waals surface area contributed by atoms with Crippen molar-refractivity contribution in [2.24, 2.45) is 0 Å². The number of aliphatic hydroxyl groups is 1. The quantitative estimate of drug-likeness (QED) is 0.855. The molecule has 0 radical (unpaired) electrons. The second-order valence-corrected chi connectivity index (χ2v) is 4.42. The molecule has 0 aliphatic carbocycles. The average Bonchev–Trinajstić information content (AvgIpc) is 2.90. The third-order valence-electron chi connectivity index (χ3n) is 2.24. The van der Waals surface area contributed by atoms with Gasteiger partial charge in [-0.25, -0.2) is 9.97 Å². The fraction of sp³-hybridized carbons (Fsp3) is 0.500. The van der Waals surface area contributed by atoms with Crippen LogP contribution in [-0.4, -0.2) is 24.9 Å². The lowest BCUT2D eigenvalue weighted by Gasteiger charge is -2.08. The zero-order valence-electron chi connectivity index (χ0n) is 9.08. The van der Waals surface area contributed by atoms with Gasteiger partial charge in [0.2, 0.25) is 0 Å². The molecule has 1 unspecified atom stereocenters. The number of hydrogen-bond acceptors (Lipinski definition) is 5. The Bertz CT molecular complexity index is 426. The molecular weight excluding hydrogens is 224 g/mol. The van der Waals surface area contributed by atoms with Crippen LogP contribution in [-0.2, 0) is 13.0 Å². The van der Waals surface area contributed by atoms with Gasteiger partial charge in [-0.05, 0) is 6.42 Å². The monoisotopic (exact) mass is 238 g/mol. The second-order valence-electron chi connectivity index (χ2n) is 3.49. The highest BCUT2D eigenvalue weighted by Gasteiger charge is 2.14. The van der Waals surface area contributed by atoms with E-state index in [9.17, 15) is 5.11 Å². The van der Waals surface area contributed by atoms with Crippen molar-refractivity contribution in [3.05, 3.63) is 28.7 Å². The summed E-state index contributed by atoms with van der Waals surface area (Å²) in [5, 5.41) is 16.6. The van der Waals surface area contributed by atoms with Gasteiger partial charge in [0.1, 0.15) is 23.3 Å². The minimum absolute atomic E-state index is 0.466. The van der Waals surface area contributed by atoms with Crippen molar-refractivity contribution >= 4 is 11.3 Å². The molecule has 6 heteroatoms. The van der Waals surface area contributed by atoms with Crippen LogP contribution in [0.4, 0.5) is 0 Å². The minimum atomic E-state index is -0.584. The Labute approximate surface area is 97.8 Å². The van der Waals surface area contributed by atoms with Crippen molar-refractivity contribution in [3.63, 3.8) is 0 Å². The van der Waals surface area contributed by atoms with Gasteiger partial charge >= 0.3 is 0 Å². The molecule has 0 bridgehead atoms. The fourth-order valence-corrected chi connectivity index (χ4v) is 2.13. The molecule has 2 aromatic heterocycles. The van der Waals surface area contributed by atoms with Crippen LogP contribution in [0.25, 0.3) is 0 Å². The number of thiazole rings is 1. The molecule has 1 N–H and O–H groups in total. The van der Waals surface area contributed by atoms with Crippen molar-refractivity contribution in [3.8, 4) is 0 Å². The Morgan fingerprint density at radius 3 is 3.06 bits per heavy atom. The summed E-state index contributed by atoms with van der Waals surface area (Å²) in [7, 11) is 0. The van der Waals surface area contributed by atoms with Gasteiger partial charge in [-0.2, -0.15) is 5.10 Å². The zero-order chi connectivity index (χ0) is 11.4. The summed E-state index contributed by atoms with van der Waals surface area (Å²) in [5.41, 5.74) is 0. The van der Waals surface area contributed by atoms with Crippen molar-refractivity contribution in [1.29, 1.82) is 0 Å². The Morgan fingerprint density at radius 1 is 1.50 bits per heavy atom. The van der Waals surface area contributed by atoms with E-state index in [1.165, 1.54) is 17.7 Å². The van der Waals surface area contributed by atoms with E-state index in [1.807, 2.05) is 10.1 Å². The molecule has 0 saturated heterocycles. The molecule has 0 spiro atoms. The Hall–Kier alpha value is -1.27. The van der Waals surface area contributed by atoms with Crippen molar-refractivity contribution in [2.45, 2.75) is 32.4 Å². The van der Waals surface area contributed by atoms with E-state index in [-0.39, 0.29) is 0 Å². The smallest absolute Gasteiger partial charge is 0.138 e. The lowest BCUT2D eigenvalue weighted by Crippen LogP contribution is -2.10. The van der Waals surface area contributed by atoms with Crippen LogP contribution < -0.4 is 0 Å². The van der Waals surface area contributed by atoms with Crippen LogP contribution in [0.1, 0.15) is 30.3 Å². The molecule has 0 aliphatic heterocycles. The van der Waals surface area contributed by atoms with Crippen LogP contribution in [0, 0.1) is 0 Å². The second kappa shape index (κ2) is 5.18. The Kier molecular flexibility index (Phi) is 3.63. The molecule has 0 fully saturated rings. The van der Waals surface area contributed by atoms with E-state index >= 15 is 0 Å². The summed E-state index contributed by atoms with van der Waals surface area (Å²) in [6.07, 6.45) is 4.11. The first-order chi connectivity index (χ1) is 7.81. The van der Waals surface area contributed by atoms with Crippen LogP contribution in [0.3, 0.4) is 0 Å². The lowest BCUT2D eigenvalue weighted by molar-refractivity contribution is 0.173. The molecule has 1 atom stereocenters. The van der Waals surface area contributed by atoms with Gasteiger partial charge in [-0.3, -0.25) is 4.68 Å². The predicted octanol–water partition coefficient (Wildman–Crippen LogP) is 1.42. The van der Waals surface area contributed by atoms with Crippen LogP contribution in [0.5, 0.6) is 0 Å². The molecule has 2 heterocycles. The first-order valence-corrected chi connectivity index (χ1v) is 6.13. The maximum absolute atomic E-state index is 9.94. The van der Waals surface area contributed by atoms with Crippen molar-refractivity contribution in [1.82, 2.24) is 19.7 Å². The van der Waals surface area contributed by atoms with Gasteiger partial charge in [0, 0.05) is 24.5 Å². The van der Waals surface area contributed by atoms with E-state index in [2.05, 4.69) is 22.0 Å². The topological polar surface area (TPSA) is 63.8 Å². The summed E-state index contributed by atoms with van der Waals surface area (Å²) < 4.78 is 1.83. The van der Waals surface area contributed by atoms with E-state index in [4.69, 9.17) is 0 Å². The molecular formula is C10H14N4OS. The van der Waals surface area contributed by atoms with Crippen molar-refractivity contribution in [2.75, 3.05) is 0 Å². The number of hydrogen-bond donors (Lipinski definition) is 1. The third kappa shape index (κ3) is 2.45. The fourth-order valence-electron chi connectivity index (χ4n) is 1.50. The highest BCUT2D eigenvalue weighted by molar-refractivity contribution is 7.09. The zero-order valence-corrected chi connectivity index (χ0v) is 9.89. The lowest BCUT2D eigenvalue weighted by atomic mass is 10.2. The Balaban J connectivity index is 2.06. The standard InChI is InChI=1S/C10H14N4OS/c1-2-4-14-9(12-7-13-14)6-8(15)10-11-3-5-16-10/h3,5,7-8,15H,2,4,6H2,1H3.